The highest BCUT2D eigenvalue weighted by molar-refractivity contribution is 5.23. The average molecular weight is 149 g/mol. The molecule has 0 unspecified atom stereocenters. The van der Waals surface area contributed by atoms with Gasteiger partial charge in [0, 0.05) is 5.70 Å². The van der Waals surface area contributed by atoms with Crippen molar-refractivity contribution in [1.29, 1.82) is 0 Å². The molecule has 58 valence electrons. The Balaban J connectivity index is 4.12. The summed E-state index contributed by atoms with van der Waals surface area (Å²) in [7, 11) is 0. The summed E-state index contributed by atoms with van der Waals surface area (Å²) in [6, 6.07) is 0. The molecule has 0 aromatic carbocycles. The maximum Gasteiger partial charge on any atom is 0.166 e. The van der Waals surface area contributed by atoms with Crippen LogP contribution in [0.5, 0.6) is 0 Å². The third kappa shape index (κ3) is 4.86. The molecule has 0 aromatic rings. The average Bonchev–Trinajstić information content (AvgIpc) is 2.01. The van der Waals surface area contributed by atoms with Gasteiger partial charge in [-0.2, -0.15) is 0 Å². The highest BCUT2D eigenvalue weighted by Crippen LogP contribution is 1.90. The predicted molar refractivity (Wildman–Crippen MR) is 46.6 cm³/mol. The van der Waals surface area contributed by atoms with E-state index in [1.165, 1.54) is 6.08 Å². The molecule has 0 spiro atoms. The Morgan fingerprint density at radius 3 is 2.73 bits per heavy atom. The first kappa shape index (κ1) is 9.38. The largest absolute Gasteiger partial charge is 0.501 e. The fourth-order valence-electron chi connectivity index (χ4n) is 0.461. The molecule has 2 N–H and O–H groups in total. The van der Waals surface area contributed by atoms with E-state index in [1.807, 2.05) is 6.92 Å². The number of nitrogens with one attached hydrogen (secondary N) is 1. The Kier molecular flexibility index (Phi) is 4.42. The van der Waals surface area contributed by atoms with Gasteiger partial charge in [-0.3, -0.25) is 0 Å². The van der Waals surface area contributed by atoms with Crippen LogP contribution >= 0.6 is 0 Å². The summed E-state index contributed by atoms with van der Waals surface area (Å²) in [6.07, 6.45) is 9.54. The lowest BCUT2D eigenvalue weighted by atomic mass is 10.4. The molecule has 0 saturated carbocycles. The molecule has 0 fully saturated rings. The molecule has 11 heavy (non-hydrogen) atoms. The first-order chi connectivity index (χ1) is 5.20. The second-order valence-corrected chi connectivity index (χ2v) is 1.89. The number of aliphatic hydroxyl groups excluding tert-OH is 1. The summed E-state index contributed by atoms with van der Waals surface area (Å²) in [4.78, 5) is 0. The number of rotatable bonds is 3. The van der Waals surface area contributed by atoms with Gasteiger partial charge in [0.2, 0.25) is 0 Å². The zero-order valence-corrected chi connectivity index (χ0v) is 6.46. The maximum atomic E-state index is 8.80. The summed E-state index contributed by atoms with van der Waals surface area (Å²) >= 11 is 0. The molecule has 0 saturated heterocycles. The lowest BCUT2D eigenvalue weighted by Crippen LogP contribution is -1.98. The van der Waals surface area contributed by atoms with Gasteiger partial charge >= 0.3 is 0 Å². The zero-order chi connectivity index (χ0) is 8.69. The van der Waals surface area contributed by atoms with Crippen LogP contribution in [0.4, 0.5) is 0 Å². The molecule has 2 nitrogen and oxygen atoms in total. The van der Waals surface area contributed by atoms with E-state index in [1.54, 1.807) is 12.3 Å². The quantitative estimate of drug-likeness (QED) is 0.363. The summed E-state index contributed by atoms with van der Waals surface area (Å²) in [5.74, 6) is 1.99. The van der Waals surface area contributed by atoms with Crippen molar-refractivity contribution in [3.8, 4) is 12.3 Å². The van der Waals surface area contributed by atoms with Gasteiger partial charge in [0.15, 0.2) is 5.76 Å². The molecule has 0 aromatic heterocycles. The van der Waals surface area contributed by atoms with E-state index < -0.39 is 0 Å². The van der Waals surface area contributed by atoms with Crippen molar-refractivity contribution in [3.63, 3.8) is 0 Å². The van der Waals surface area contributed by atoms with Crippen LogP contribution in [-0.2, 0) is 0 Å². The van der Waals surface area contributed by atoms with Crippen molar-refractivity contribution in [3.05, 3.63) is 36.4 Å². The molecular formula is C9H11NO. The number of terminal acetylenes is 1. The van der Waals surface area contributed by atoms with Crippen molar-refractivity contribution >= 4 is 0 Å². The van der Waals surface area contributed by atoms with Crippen LogP contribution in [0, 0.1) is 12.3 Å². The molecule has 0 bridgehead atoms. The number of aliphatic hydroxyl groups is 1. The van der Waals surface area contributed by atoms with Gasteiger partial charge in [0.1, 0.15) is 0 Å². The van der Waals surface area contributed by atoms with Crippen molar-refractivity contribution in [2.45, 2.75) is 6.92 Å². The molecular weight excluding hydrogens is 138 g/mol. The maximum absolute atomic E-state index is 8.80. The van der Waals surface area contributed by atoms with E-state index in [2.05, 4.69) is 17.8 Å². The van der Waals surface area contributed by atoms with Crippen molar-refractivity contribution in [2.75, 3.05) is 0 Å². The lowest BCUT2D eigenvalue weighted by molar-refractivity contribution is 0.438. The number of allylic oxidation sites excluding steroid dienone is 4. The third-order valence-electron chi connectivity index (χ3n) is 0.969. The van der Waals surface area contributed by atoms with Gasteiger partial charge in [0.05, 0.1) is 0 Å². The van der Waals surface area contributed by atoms with Crippen LogP contribution in [0.25, 0.3) is 0 Å². The fourth-order valence-corrected chi connectivity index (χ4v) is 0.461. The number of hydrogen-bond donors (Lipinski definition) is 2. The molecule has 0 aliphatic rings. The molecule has 0 radical (unpaired) electrons. The van der Waals surface area contributed by atoms with Crippen molar-refractivity contribution in [1.82, 2.24) is 5.32 Å². The Morgan fingerprint density at radius 1 is 1.64 bits per heavy atom. The topological polar surface area (TPSA) is 32.3 Å². The smallest absolute Gasteiger partial charge is 0.166 e. The van der Waals surface area contributed by atoms with E-state index >= 15 is 0 Å². The lowest BCUT2D eigenvalue weighted by Gasteiger charge is -1.95. The fraction of sp³-hybridized carbons (Fsp3) is 0.111. The minimum absolute atomic E-state index is 0.0878. The van der Waals surface area contributed by atoms with Crippen LogP contribution in [-0.4, -0.2) is 5.11 Å². The summed E-state index contributed by atoms with van der Waals surface area (Å²) in [6.45, 7) is 5.31. The van der Waals surface area contributed by atoms with Crippen LogP contribution in [0.1, 0.15) is 6.92 Å². The highest BCUT2D eigenvalue weighted by Gasteiger charge is 1.81. The second-order valence-electron chi connectivity index (χ2n) is 1.89. The minimum Gasteiger partial charge on any atom is -0.501 e. The predicted octanol–water partition coefficient (Wildman–Crippen LogP) is 1.70. The molecule has 0 rings (SSSR count). The second kappa shape index (κ2) is 5.19. The van der Waals surface area contributed by atoms with Crippen molar-refractivity contribution in [2.24, 2.45) is 0 Å². The molecule has 0 amide bonds. The summed E-state index contributed by atoms with van der Waals surface area (Å²) in [5.41, 5.74) is 0.863. The van der Waals surface area contributed by atoms with E-state index in [0.717, 1.165) is 5.70 Å². The highest BCUT2D eigenvalue weighted by atomic mass is 16.3. The van der Waals surface area contributed by atoms with E-state index in [4.69, 9.17) is 11.5 Å². The Bertz CT molecular complexity index is 230. The Morgan fingerprint density at radius 2 is 2.27 bits per heavy atom. The van der Waals surface area contributed by atoms with Gasteiger partial charge < -0.3 is 10.4 Å². The Hall–Kier alpha value is -1.62. The van der Waals surface area contributed by atoms with Gasteiger partial charge in [-0.05, 0) is 31.2 Å². The first-order valence-electron chi connectivity index (χ1n) is 3.12. The minimum atomic E-state index is -0.0878. The van der Waals surface area contributed by atoms with Crippen LogP contribution in [0.2, 0.25) is 0 Å². The van der Waals surface area contributed by atoms with Gasteiger partial charge in [0.25, 0.3) is 0 Å². The van der Waals surface area contributed by atoms with Crippen LogP contribution in [0.15, 0.2) is 36.4 Å². The summed E-state index contributed by atoms with van der Waals surface area (Å²) in [5, 5.41) is 11.6. The summed E-state index contributed by atoms with van der Waals surface area (Å²) < 4.78 is 0. The van der Waals surface area contributed by atoms with Gasteiger partial charge in [-0.1, -0.05) is 6.58 Å². The van der Waals surface area contributed by atoms with Crippen LogP contribution < -0.4 is 5.32 Å². The van der Waals surface area contributed by atoms with Gasteiger partial charge in [-0.15, -0.1) is 6.42 Å². The molecule has 0 aliphatic heterocycles. The standard InChI is InChI=1S/C9H11NO/c1-4-9(11)7-6-8(3)10-5-2/h1,5-7,10-11H,2H2,3H3/b8-6+,9-7-. The molecule has 0 aliphatic carbocycles. The molecule has 0 atom stereocenters. The SMILES string of the molecule is C#C/C(O)=C/C=C(\C)NC=C. The molecule has 0 heterocycles. The first-order valence-corrected chi connectivity index (χ1v) is 3.12. The van der Waals surface area contributed by atoms with Crippen LogP contribution in [0.3, 0.4) is 0 Å². The molecule has 2 heteroatoms. The number of hydrogen-bond acceptors (Lipinski definition) is 2. The third-order valence-corrected chi connectivity index (χ3v) is 0.969. The normalized spacial score (nSPS) is 12.0. The van der Waals surface area contributed by atoms with E-state index in [-0.39, 0.29) is 5.76 Å². The monoisotopic (exact) mass is 149 g/mol. The van der Waals surface area contributed by atoms with E-state index in [0.29, 0.717) is 0 Å². The van der Waals surface area contributed by atoms with Crippen molar-refractivity contribution < 1.29 is 5.11 Å². The Labute approximate surface area is 66.9 Å². The van der Waals surface area contributed by atoms with Gasteiger partial charge in [-0.25, -0.2) is 0 Å². The zero-order valence-electron chi connectivity index (χ0n) is 6.46. The van der Waals surface area contributed by atoms with E-state index in [9.17, 15) is 0 Å².